The van der Waals surface area contributed by atoms with E-state index in [0.717, 1.165) is 11.8 Å². The molecule has 0 aliphatic carbocycles. The van der Waals surface area contributed by atoms with Crippen molar-refractivity contribution >= 4 is 12.0 Å². The molecule has 0 heterocycles. The van der Waals surface area contributed by atoms with Crippen LogP contribution in [0.2, 0.25) is 0 Å². The highest BCUT2D eigenvalue weighted by atomic mass is 16.6. The Kier molecular flexibility index (Phi) is 3.79. The number of aryl methyl sites for hydroxylation is 2. The van der Waals surface area contributed by atoms with E-state index in [1.54, 1.807) is 31.2 Å². The summed E-state index contributed by atoms with van der Waals surface area (Å²) in [5.74, 6) is 1.09. The van der Waals surface area contributed by atoms with Gasteiger partial charge in [-0.2, -0.15) is 0 Å². The van der Waals surface area contributed by atoms with Crippen LogP contribution in [0.1, 0.15) is 21.5 Å². The summed E-state index contributed by atoms with van der Waals surface area (Å²) in [6, 6.07) is 9.54. The lowest BCUT2D eigenvalue weighted by atomic mass is 10.1. The predicted octanol–water partition coefficient (Wildman–Crippen LogP) is 3.82. The van der Waals surface area contributed by atoms with Gasteiger partial charge < -0.3 is 4.74 Å². The molecule has 5 heteroatoms. The largest absolute Gasteiger partial charge is 0.457 e. The molecule has 0 fully saturated rings. The molecule has 5 nitrogen and oxygen atoms in total. The van der Waals surface area contributed by atoms with E-state index >= 15 is 0 Å². The van der Waals surface area contributed by atoms with Gasteiger partial charge in [0.1, 0.15) is 17.8 Å². The van der Waals surface area contributed by atoms with Crippen molar-refractivity contribution in [3.8, 4) is 11.5 Å². The Bertz CT molecular complexity index is 680. The van der Waals surface area contributed by atoms with Crippen LogP contribution in [0.5, 0.6) is 11.5 Å². The molecule has 0 unspecified atom stereocenters. The Morgan fingerprint density at radius 3 is 2.40 bits per heavy atom. The smallest absolute Gasteiger partial charge is 0.269 e. The van der Waals surface area contributed by atoms with E-state index < -0.39 is 4.92 Å². The van der Waals surface area contributed by atoms with E-state index in [2.05, 4.69) is 0 Å². The van der Waals surface area contributed by atoms with Crippen LogP contribution in [0.15, 0.2) is 36.4 Å². The van der Waals surface area contributed by atoms with E-state index in [9.17, 15) is 14.9 Å². The number of hydrogen-bond acceptors (Lipinski definition) is 4. The molecule has 2 rings (SSSR count). The summed E-state index contributed by atoms with van der Waals surface area (Å²) in [6.07, 6.45) is 0.745. The second-order valence-electron chi connectivity index (χ2n) is 4.45. The van der Waals surface area contributed by atoms with Crippen LogP contribution in [0.25, 0.3) is 0 Å². The molecule has 0 N–H and O–H groups in total. The number of carbonyl (C=O) groups is 1. The minimum Gasteiger partial charge on any atom is -0.457 e. The highest BCUT2D eigenvalue weighted by Crippen LogP contribution is 2.30. The van der Waals surface area contributed by atoms with Crippen molar-refractivity contribution < 1.29 is 14.5 Å². The van der Waals surface area contributed by atoms with Crippen molar-refractivity contribution in [2.24, 2.45) is 0 Å². The number of nitro groups is 1. The SMILES string of the molecule is Cc1cc([N+](=O)[O-])ccc1Oc1cc(C=O)ccc1C. The van der Waals surface area contributed by atoms with E-state index in [4.69, 9.17) is 4.74 Å². The normalized spacial score (nSPS) is 10.1. The summed E-state index contributed by atoms with van der Waals surface area (Å²) >= 11 is 0. The summed E-state index contributed by atoms with van der Waals surface area (Å²) in [6.45, 7) is 3.60. The molecule has 2 aromatic carbocycles. The monoisotopic (exact) mass is 271 g/mol. The van der Waals surface area contributed by atoms with Crippen molar-refractivity contribution in [1.82, 2.24) is 0 Å². The van der Waals surface area contributed by atoms with Crippen molar-refractivity contribution in [3.05, 3.63) is 63.2 Å². The van der Waals surface area contributed by atoms with Gasteiger partial charge in [-0.3, -0.25) is 14.9 Å². The third-order valence-electron chi connectivity index (χ3n) is 2.94. The summed E-state index contributed by atoms with van der Waals surface area (Å²) in [5, 5.41) is 10.7. The summed E-state index contributed by atoms with van der Waals surface area (Å²) in [7, 11) is 0. The van der Waals surface area contributed by atoms with Gasteiger partial charge in [0, 0.05) is 17.7 Å². The molecule has 2 aromatic rings. The topological polar surface area (TPSA) is 69.4 Å². The molecule has 0 aliphatic heterocycles. The lowest BCUT2D eigenvalue weighted by Gasteiger charge is -2.11. The maximum Gasteiger partial charge on any atom is 0.269 e. The van der Waals surface area contributed by atoms with Crippen molar-refractivity contribution in [2.75, 3.05) is 0 Å². The zero-order valence-electron chi connectivity index (χ0n) is 11.1. The molecular formula is C15H13NO4. The molecule has 20 heavy (non-hydrogen) atoms. The fourth-order valence-corrected chi connectivity index (χ4v) is 1.78. The van der Waals surface area contributed by atoms with E-state index in [1.165, 1.54) is 12.1 Å². The first-order valence-corrected chi connectivity index (χ1v) is 6.00. The van der Waals surface area contributed by atoms with Crippen molar-refractivity contribution in [3.63, 3.8) is 0 Å². The van der Waals surface area contributed by atoms with Gasteiger partial charge in [0.2, 0.25) is 0 Å². The van der Waals surface area contributed by atoms with E-state index in [-0.39, 0.29) is 5.69 Å². The first-order chi connectivity index (χ1) is 9.51. The van der Waals surface area contributed by atoms with Gasteiger partial charge >= 0.3 is 0 Å². The van der Waals surface area contributed by atoms with Gasteiger partial charge in [-0.25, -0.2) is 0 Å². The molecule has 0 amide bonds. The van der Waals surface area contributed by atoms with Crippen LogP contribution in [0, 0.1) is 24.0 Å². The molecule has 0 aliphatic rings. The van der Waals surface area contributed by atoms with Crippen LogP contribution in [-0.4, -0.2) is 11.2 Å². The number of nitrogens with zero attached hydrogens (tertiary/aromatic N) is 1. The van der Waals surface area contributed by atoms with Crippen LogP contribution in [-0.2, 0) is 0 Å². The lowest BCUT2D eigenvalue weighted by Crippen LogP contribution is -1.94. The van der Waals surface area contributed by atoms with Gasteiger partial charge in [0.25, 0.3) is 5.69 Å². The molecule has 0 bridgehead atoms. The molecule has 0 atom stereocenters. The molecule has 0 radical (unpaired) electrons. The Morgan fingerprint density at radius 1 is 1.05 bits per heavy atom. The molecule has 0 spiro atoms. The minimum absolute atomic E-state index is 0.0215. The Hall–Kier alpha value is -2.69. The Balaban J connectivity index is 2.35. The third-order valence-corrected chi connectivity index (χ3v) is 2.94. The number of hydrogen-bond donors (Lipinski definition) is 0. The third kappa shape index (κ3) is 2.83. The molecule has 102 valence electrons. The number of non-ortho nitro benzene ring substituents is 1. The lowest BCUT2D eigenvalue weighted by molar-refractivity contribution is -0.384. The first kappa shape index (κ1) is 13.7. The zero-order chi connectivity index (χ0) is 14.7. The van der Waals surface area contributed by atoms with Crippen molar-refractivity contribution in [1.29, 1.82) is 0 Å². The summed E-state index contributed by atoms with van der Waals surface area (Å²) in [5.41, 5.74) is 2.09. The number of carbonyl (C=O) groups excluding carboxylic acids is 1. The van der Waals surface area contributed by atoms with Gasteiger partial charge in [-0.05, 0) is 37.1 Å². The Labute approximate surface area is 116 Å². The van der Waals surface area contributed by atoms with Gasteiger partial charge in [-0.15, -0.1) is 0 Å². The molecule has 0 aromatic heterocycles. The summed E-state index contributed by atoms with van der Waals surface area (Å²) in [4.78, 5) is 21.0. The maximum absolute atomic E-state index is 10.8. The molecule has 0 saturated carbocycles. The summed E-state index contributed by atoms with van der Waals surface area (Å²) < 4.78 is 5.74. The van der Waals surface area contributed by atoms with Crippen LogP contribution in [0.4, 0.5) is 5.69 Å². The van der Waals surface area contributed by atoms with E-state index in [0.29, 0.717) is 22.6 Å². The fourth-order valence-electron chi connectivity index (χ4n) is 1.78. The number of nitro benzene ring substituents is 1. The number of ether oxygens (including phenoxy) is 1. The standard InChI is InChI=1S/C15H13NO4/c1-10-3-4-12(9-17)8-15(10)20-14-6-5-13(16(18)19)7-11(14)2/h3-9H,1-2H3. The highest BCUT2D eigenvalue weighted by molar-refractivity contribution is 5.76. The number of aldehydes is 1. The average molecular weight is 271 g/mol. The second kappa shape index (κ2) is 5.52. The number of benzene rings is 2. The minimum atomic E-state index is -0.449. The van der Waals surface area contributed by atoms with Gasteiger partial charge in [0.05, 0.1) is 4.92 Å². The Morgan fingerprint density at radius 2 is 1.80 bits per heavy atom. The van der Waals surface area contributed by atoms with E-state index in [1.807, 2.05) is 6.92 Å². The van der Waals surface area contributed by atoms with Crippen LogP contribution >= 0.6 is 0 Å². The zero-order valence-corrected chi connectivity index (χ0v) is 11.1. The molecule has 0 saturated heterocycles. The number of rotatable bonds is 4. The first-order valence-electron chi connectivity index (χ1n) is 6.00. The fraction of sp³-hybridized carbons (Fsp3) is 0.133. The second-order valence-corrected chi connectivity index (χ2v) is 4.45. The van der Waals surface area contributed by atoms with Crippen LogP contribution in [0.3, 0.4) is 0 Å². The predicted molar refractivity (Wildman–Crippen MR) is 74.5 cm³/mol. The van der Waals surface area contributed by atoms with Gasteiger partial charge in [-0.1, -0.05) is 12.1 Å². The maximum atomic E-state index is 10.8. The highest BCUT2D eigenvalue weighted by Gasteiger charge is 2.10. The van der Waals surface area contributed by atoms with Crippen molar-refractivity contribution in [2.45, 2.75) is 13.8 Å². The average Bonchev–Trinajstić information content (AvgIpc) is 2.43. The van der Waals surface area contributed by atoms with Gasteiger partial charge in [0.15, 0.2) is 0 Å². The van der Waals surface area contributed by atoms with Crippen LogP contribution < -0.4 is 4.74 Å². The molecular weight excluding hydrogens is 258 g/mol. The quantitative estimate of drug-likeness (QED) is 0.481.